The van der Waals surface area contributed by atoms with E-state index in [4.69, 9.17) is 23.4 Å². The van der Waals surface area contributed by atoms with Gasteiger partial charge in [0.25, 0.3) is 0 Å². The van der Waals surface area contributed by atoms with Crippen LogP contribution in [0, 0.1) is 0 Å². The lowest BCUT2D eigenvalue weighted by atomic mass is 9.88. The van der Waals surface area contributed by atoms with E-state index in [1.165, 1.54) is 27.3 Å². The third-order valence-electron chi connectivity index (χ3n) is 10.3. The zero-order valence-corrected chi connectivity index (χ0v) is 31.7. The van der Waals surface area contributed by atoms with Crippen molar-refractivity contribution in [2.45, 2.75) is 26.2 Å². The van der Waals surface area contributed by atoms with E-state index in [1.54, 1.807) is 48.5 Å². The van der Waals surface area contributed by atoms with Gasteiger partial charge in [0.2, 0.25) is 0 Å². The Hall–Kier alpha value is -7.44. The average molecular weight is 763 g/mol. The van der Waals surface area contributed by atoms with Crippen molar-refractivity contribution < 1.29 is 18.4 Å². The molecule has 0 unspecified atom stereocenters. The normalized spacial score (nSPS) is 14.2. The summed E-state index contributed by atoms with van der Waals surface area (Å²) in [6.07, 6.45) is 1.83. The molecule has 0 saturated carbocycles. The largest absolute Gasteiger partial charge is 0.457 e. The fourth-order valence-corrected chi connectivity index (χ4v) is 7.66. The molecule has 280 valence electrons. The number of hydrogen-bond donors (Lipinski definition) is 0. The van der Waals surface area contributed by atoms with Gasteiger partial charge < -0.3 is 4.74 Å². The van der Waals surface area contributed by atoms with Crippen molar-refractivity contribution in [2.24, 2.45) is 0 Å². The molecule has 0 atom stereocenters. The number of ether oxygens (including phenoxy) is 1. The summed E-state index contributed by atoms with van der Waals surface area (Å²) in [5.41, 5.74) is 2.82. The van der Waals surface area contributed by atoms with Crippen LogP contribution in [0.2, 0.25) is 0 Å². The molecule has 0 aliphatic carbocycles. The second kappa shape index (κ2) is 13.9. The summed E-state index contributed by atoms with van der Waals surface area (Å²) in [5.74, 6) is 1.69. The molecule has 0 aliphatic heterocycles. The first-order chi connectivity index (χ1) is 32.5. The highest BCUT2D eigenvalue weighted by Gasteiger charge is 2.23. The maximum Gasteiger partial charge on any atom is 0.338 e. The molecule has 0 N–H and O–H groups in total. The van der Waals surface area contributed by atoms with Crippen molar-refractivity contribution in [1.82, 2.24) is 18.7 Å². The standard InChI is InChI=1S/C52H40N4O2/c1-52(2,3)37-30-31-53-49(32-37)55-45-25-11-10-22-43(45)44-29-28-40(34-48(44)55)58-39-21-14-20-38(33-39)54-46-26-12-13-27-47(46)56(51(54)57)50-41(35-16-6-4-7-17-35)23-15-24-42(50)36-18-8-5-9-19-36/h4-34H,1-3H3/i4D,5D,6D,7D,8D,9D,16D,17D,18D,19D. The van der Waals surface area contributed by atoms with Crippen LogP contribution in [0.5, 0.6) is 11.5 Å². The second-order valence-corrected chi connectivity index (χ2v) is 14.9. The first-order valence-electron chi connectivity index (χ1n) is 23.8. The highest BCUT2D eigenvalue weighted by molar-refractivity contribution is 6.09. The van der Waals surface area contributed by atoms with Gasteiger partial charge in [-0.05, 0) is 76.7 Å². The minimum atomic E-state index is -0.660. The second-order valence-electron chi connectivity index (χ2n) is 14.9. The molecule has 0 aliphatic rings. The molecule has 10 rings (SSSR count). The van der Waals surface area contributed by atoms with Crippen molar-refractivity contribution in [3.63, 3.8) is 0 Å². The fraction of sp³-hybridized carbons (Fsp3) is 0.0769. The maximum absolute atomic E-state index is 15.4. The van der Waals surface area contributed by atoms with E-state index in [-0.39, 0.29) is 33.4 Å². The number of aromatic nitrogens is 4. The van der Waals surface area contributed by atoms with Crippen molar-refractivity contribution >= 4 is 32.8 Å². The van der Waals surface area contributed by atoms with E-state index >= 15 is 4.79 Å². The van der Waals surface area contributed by atoms with Crippen LogP contribution in [0.3, 0.4) is 0 Å². The lowest BCUT2D eigenvalue weighted by Gasteiger charge is -2.20. The molecule has 0 fully saturated rings. The Balaban J connectivity index is 1.17. The van der Waals surface area contributed by atoms with Crippen LogP contribution in [-0.4, -0.2) is 18.7 Å². The number of benzene rings is 7. The lowest BCUT2D eigenvalue weighted by molar-refractivity contribution is 0.483. The molecule has 0 saturated heterocycles. The van der Waals surface area contributed by atoms with E-state index in [1.807, 2.05) is 42.6 Å². The van der Waals surface area contributed by atoms with Gasteiger partial charge in [0.05, 0.1) is 47.1 Å². The Morgan fingerprint density at radius 2 is 1.16 bits per heavy atom. The van der Waals surface area contributed by atoms with E-state index < -0.39 is 66.1 Å². The van der Waals surface area contributed by atoms with E-state index in [2.05, 4.69) is 43.5 Å². The van der Waals surface area contributed by atoms with Gasteiger partial charge >= 0.3 is 5.69 Å². The molecule has 58 heavy (non-hydrogen) atoms. The molecule has 0 bridgehead atoms. The van der Waals surface area contributed by atoms with Crippen molar-refractivity contribution in [3.05, 3.63) is 204 Å². The van der Waals surface area contributed by atoms with Crippen LogP contribution in [0.1, 0.15) is 40.0 Å². The zero-order valence-electron chi connectivity index (χ0n) is 41.7. The number of hydrogen-bond acceptors (Lipinski definition) is 3. The highest BCUT2D eigenvalue weighted by atomic mass is 16.5. The van der Waals surface area contributed by atoms with Crippen molar-refractivity contribution in [1.29, 1.82) is 0 Å². The van der Waals surface area contributed by atoms with E-state index in [0.717, 1.165) is 33.2 Å². The lowest BCUT2D eigenvalue weighted by Crippen LogP contribution is -2.23. The van der Waals surface area contributed by atoms with Gasteiger partial charge in [0.15, 0.2) is 0 Å². The van der Waals surface area contributed by atoms with Gasteiger partial charge in [0, 0.05) is 40.2 Å². The molecule has 3 heterocycles. The minimum absolute atomic E-state index is 0.00142. The Bertz CT molecular complexity index is 3670. The van der Waals surface area contributed by atoms with E-state index in [0.29, 0.717) is 28.2 Å². The Kier molecular flexibility index (Phi) is 6.17. The first kappa shape index (κ1) is 25.7. The van der Waals surface area contributed by atoms with Crippen LogP contribution in [0.25, 0.3) is 72.3 Å². The quantitative estimate of drug-likeness (QED) is 0.162. The predicted molar refractivity (Wildman–Crippen MR) is 237 cm³/mol. The number of nitrogens with zero attached hydrogens (tertiary/aromatic N) is 4. The van der Waals surface area contributed by atoms with Gasteiger partial charge in [-0.3, -0.25) is 13.7 Å². The zero-order chi connectivity index (χ0) is 48.1. The molecule has 3 aromatic heterocycles. The number of rotatable bonds is 7. The van der Waals surface area contributed by atoms with Crippen LogP contribution >= 0.6 is 0 Å². The summed E-state index contributed by atoms with van der Waals surface area (Å²) in [6.45, 7) is 6.49. The summed E-state index contributed by atoms with van der Waals surface area (Å²) in [5, 5.41) is 2.06. The summed E-state index contributed by atoms with van der Waals surface area (Å²) < 4.78 is 98.1. The van der Waals surface area contributed by atoms with Gasteiger partial charge in [-0.25, -0.2) is 9.78 Å². The van der Waals surface area contributed by atoms with Crippen molar-refractivity contribution in [2.75, 3.05) is 0 Å². The Labute approximate surface area is 350 Å². The minimum Gasteiger partial charge on any atom is -0.457 e. The molecule has 6 heteroatoms. The Morgan fingerprint density at radius 1 is 0.552 bits per heavy atom. The molecule has 6 nitrogen and oxygen atoms in total. The third kappa shape index (κ3) is 5.98. The van der Waals surface area contributed by atoms with Crippen molar-refractivity contribution in [3.8, 4) is 50.9 Å². The van der Waals surface area contributed by atoms with Gasteiger partial charge in [-0.15, -0.1) is 0 Å². The summed E-state index contributed by atoms with van der Waals surface area (Å²) in [6, 6.07) is 30.6. The number of pyridine rings is 1. The molecule has 10 aromatic rings. The number of para-hydroxylation sites is 4. The molecular weight excluding hydrogens is 713 g/mol. The summed E-state index contributed by atoms with van der Waals surface area (Å²) in [4.78, 5) is 20.2. The predicted octanol–water partition coefficient (Wildman–Crippen LogP) is 12.7. The Morgan fingerprint density at radius 3 is 1.84 bits per heavy atom. The fourth-order valence-electron chi connectivity index (χ4n) is 7.66. The number of fused-ring (bicyclic) bond motifs is 4. The summed E-state index contributed by atoms with van der Waals surface area (Å²) in [7, 11) is 0. The smallest absolute Gasteiger partial charge is 0.338 e. The van der Waals surface area contributed by atoms with Crippen LogP contribution in [-0.2, 0) is 5.41 Å². The van der Waals surface area contributed by atoms with Crippen LogP contribution < -0.4 is 10.4 Å². The maximum atomic E-state index is 15.4. The SMILES string of the molecule is [2H]c1c([2H])c([2H])c(-c2cccc(-c3c([2H])c([2H])c([2H])c([2H])c3[2H])c2-n2c(=O)n(-c3cccc(Oc4ccc5c6ccccc6n(-c6cc(C(C)(C)C)ccn6)c5c4)c3)c3ccccc32)c([2H])c1[2H]. The van der Waals surface area contributed by atoms with Crippen LogP contribution in [0.4, 0.5) is 0 Å². The van der Waals surface area contributed by atoms with E-state index in [9.17, 15) is 0 Å². The molecule has 0 spiro atoms. The van der Waals surface area contributed by atoms with Gasteiger partial charge in [-0.1, -0.05) is 136 Å². The summed E-state index contributed by atoms with van der Waals surface area (Å²) >= 11 is 0. The molecule has 0 amide bonds. The molecule has 7 aromatic carbocycles. The topological polar surface area (TPSA) is 54.0 Å². The molecular formula is C52H40N4O2. The average Bonchev–Trinajstić information content (AvgIpc) is 3.82. The third-order valence-corrected chi connectivity index (χ3v) is 10.3. The first-order valence-corrected chi connectivity index (χ1v) is 18.8. The molecule has 0 radical (unpaired) electrons. The van der Waals surface area contributed by atoms with Gasteiger partial charge in [0.1, 0.15) is 17.3 Å². The van der Waals surface area contributed by atoms with Crippen LogP contribution in [0.15, 0.2) is 193 Å². The monoisotopic (exact) mass is 762 g/mol. The number of imidazole rings is 1. The highest BCUT2D eigenvalue weighted by Crippen LogP contribution is 2.39. The van der Waals surface area contributed by atoms with Gasteiger partial charge in [-0.2, -0.15) is 0 Å².